The molecule has 1 aliphatic carbocycles. The molecule has 5 heteroatoms. The summed E-state index contributed by atoms with van der Waals surface area (Å²) in [5.74, 6) is 2.18. The van der Waals surface area contributed by atoms with Gasteiger partial charge in [0.05, 0.1) is 16.5 Å². The molecule has 10 rings (SSSR count). The number of allylic oxidation sites excluding steroid dienone is 5. The molecule has 288 valence electrons. The van der Waals surface area contributed by atoms with Gasteiger partial charge in [-0.1, -0.05) is 99.1 Å². The summed E-state index contributed by atoms with van der Waals surface area (Å²) in [4.78, 5) is 2.68. The molecule has 6 aromatic rings. The topological polar surface area (TPSA) is 26.4 Å². The number of ether oxygens (including phenoxy) is 2. The van der Waals surface area contributed by atoms with Gasteiger partial charge < -0.3 is 14.0 Å². The Labute approximate surface area is 341 Å². The van der Waals surface area contributed by atoms with Crippen LogP contribution in [0.1, 0.15) is 89.3 Å². The summed E-state index contributed by atoms with van der Waals surface area (Å²) in [7, 11) is 0. The van der Waals surface area contributed by atoms with E-state index in [0.29, 0.717) is 0 Å². The van der Waals surface area contributed by atoms with Gasteiger partial charge in [-0.15, -0.1) is 0 Å². The van der Waals surface area contributed by atoms with E-state index >= 15 is 0 Å². The Hall–Kier alpha value is -5.00. The van der Waals surface area contributed by atoms with Crippen LogP contribution in [-0.2, 0) is 19.4 Å². The molecule has 5 aromatic carbocycles. The van der Waals surface area contributed by atoms with Crippen molar-refractivity contribution in [1.29, 1.82) is 0 Å². The fourth-order valence-electron chi connectivity index (χ4n) is 9.87. The summed E-state index contributed by atoms with van der Waals surface area (Å²) in [6.45, 7) is 11.0. The van der Waals surface area contributed by atoms with Crippen LogP contribution in [0.5, 0.6) is 11.5 Å². The highest BCUT2D eigenvalue weighted by Gasteiger charge is 2.35. The van der Waals surface area contributed by atoms with E-state index < -0.39 is 0 Å². The quantitative estimate of drug-likeness (QED) is 0.123. The fraction of sp³-hybridized carbons (Fsp3) is 0.327. The van der Waals surface area contributed by atoms with Gasteiger partial charge in [0, 0.05) is 85.8 Å². The van der Waals surface area contributed by atoms with Crippen LogP contribution in [0.4, 0.5) is 5.69 Å². The van der Waals surface area contributed by atoms with E-state index in [-0.39, 0.29) is 12.2 Å². The zero-order valence-electron chi connectivity index (χ0n) is 33.9. The monoisotopic (exact) mass is 769 g/mol. The second kappa shape index (κ2) is 15.1. The maximum Gasteiger partial charge on any atom is 0.215 e. The third-order valence-corrected chi connectivity index (χ3v) is 13.7. The Morgan fingerprint density at radius 1 is 0.754 bits per heavy atom. The second-order valence-corrected chi connectivity index (χ2v) is 17.7. The van der Waals surface area contributed by atoms with E-state index in [1.807, 2.05) is 11.8 Å². The summed E-state index contributed by atoms with van der Waals surface area (Å²) >= 11 is 1.93. The Morgan fingerprint density at radius 3 is 2.25 bits per heavy atom. The van der Waals surface area contributed by atoms with Crippen molar-refractivity contribution in [2.75, 3.05) is 6.54 Å². The summed E-state index contributed by atoms with van der Waals surface area (Å²) < 4.78 is 18.0. The maximum absolute atomic E-state index is 6.41. The van der Waals surface area contributed by atoms with E-state index in [4.69, 9.17) is 9.47 Å². The molecule has 4 nitrogen and oxygen atoms in total. The number of rotatable bonds is 11. The van der Waals surface area contributed by atoms with E-state index in [1.165, 1.54) is 86.8 Å². The lowest BCUT2D eigenvalue weighted by Crippen LogP contribution is -2.16. The third kappa shape index (κ3) is 6.34. The summed E-state index contributed by atoms with van der Waals surface area (Å²) in [5, 5.41) is 7.84. The van der Waals surface area contributed by atoms with Crippen LogP contribution in [0, 0.1) is 0 Å². The van der Waals surface area contributed by atoms with Crippen molar-refractivity contribution < 1.29 is 14.0 Å². The number of aromatic nitrogens is 1. The van der Waals surface area contributed by atoms with Crippen LogP contribution in [0.2, 0.25) is 0 Å². The first-order valence-electron chi connectivity index (χ1n) is 21.5. The molecule has 57 heavy (non-hydrogen) atoms. The van der Waals surface area contributed by atoms with E-state index in [2.05, 4.69) is 140 Å². The van der Waals surface area contributed by atoms with Gasteiger partial charge in [0.2, 0.25) is 11.4 Å². The third-order valence-electron chi connectivity index (χ3n) is 12.5. The van der Waals surface area contributed by atoms with Crippen molar-refractivity contribution in [3.63, 3.8) is 0 Å². The molecule has 4 heterocycles. The Bertz CT molecular complexity index is 2750. The largest absolute Gasteiger partial charge is 0.489 e. The minimum atomic E-state index is 0.224. The van der Waals surface area contributed by atoms with Crippen LogP contribution >= 0.6 is 11.8 Å². The number of nitrogens with zero attached hydrogens (tertiary/aromatic N) is 2. The minimum Gasteiger partial charge on any atom is -0.489 e. The first kappa shape index (κ1) is 36.3. The number of hydrogen-bond acceptors (Lipinski definition) is 3. The van der Waals surface area contributed by atoms with Gasteiger partial charge in [-0.05, 0) is 81.0 Å². The van der Waals surface area contributed by atoms with Gasteiger partial charge in [-0.25, -0.2) is 0 Å². The molecule has 0 bridgehead atoms. The van der Waals surface area contributed by atoms with E-state index in [0.717, 1.165) is 82.4 Å². The molecule has 0 spiro atoms. The average molecular weight is 770 g/mol. The molecule has 2 atom stereocenters. The van der Waals surface area contributed by atoms with Crippen LogP contribution in [0.3, 0.4) is 0 Å². The lowest BCUT2D eigenvalue weighted by molar-refractivity contribution is -0.436. The van der Waals surface area contributed by atoms with Crippen LogP contribution in [-0.4, -0.2) is 33.6 Å². The highest BCUT2D eigenvalue weighted by molar-refractivity contribution is 8.03. The SMILES string of the molecule is CCCCn1/c(=C\C=C2/CCCC(/C=C/C3=[N+](CCCC)c4cc5c(c6cccc3c46)OC(C)C5)=C2Sc2ccccc2)c2cccc3c4c(cc1c32)CC(C)O4. The first-order valence-corrected chi connectivity index (χ1v) is 22.3. The number of aryl methyl sites for hydroxylation is 1. The van der Waals surface area contributed by atoms with Gasteiger partial charge in [0.15, 0.2) is 0 Å². The lowest BCUT2D eigenvalue weighted by atomic mass is 9.93. The zero-order chi connectivity index (χ0) is 38.6. The molecule has 0 radical (unpaired) electrons. The predicted molar refractivity (Wildman–Crippen MR) is 240 cm³/mol. The molecule has 0 N–H and O–H groups in total. The number of benzene rings is 5. The summed E-state index contributed by atoms with van der Waals surface area (Å²) in [6, 6.07) is 29.4. The number of unbranched alkanes of at least 4 members (excludes halogenated alkanes) is 2. The zero-order valence-corrected chi connectivity index (χ0v) is 34.7. The van der Waals surface area contributed by atoms with Gasteiger partial charge in [0.25, 0.3) is 0 Å². The molecular formula is C52H53N2O2S+. The smallest absolute Gasteiger partial charge is 0.215 e. The summed E-state index contributed by atoms with van der Waals surface area (Å²) in [5.41, 5.74) is 10.9. The Kier molecular flexibility index (Phi) is 9.61. The van der Waals surface area contributed by atoms with Crippen molar-refractivity contribution >= 4 is 61.7 Å². The molecule has 0 amide bonds. The normalized spacial score (nSPS) is 19.9. The van der Waals surface area contributed by atoms with Crippen molar-refractivity contribution in [2.24, 2.45) is 0 Å². The van der Waals surface area contributed by atoms with Gasteiger partial charge in [-0.3, -0.25) is 0 Å². The number of fused-ring (bicyclic) bond motifs is 4. The molecule has 1 aromatic heterocycles. The van der Waals surface area contributed by atoms with Gasteiger partial charge >= 0.3 is 0 Å². The highest BCUT2D eigenvalue weighted by Crippen LogP contribution is 2.47. The van der Waals surface area contributed by atoms with Gasteiger partial charge in [-0.2, -0.15) is 4.58 Å². The second-order valence-electron chi connectivity index (χ2n) is 16.6. The average Bonchev–Trinajstić information content (AvgIpc) is 3.97. The molecule has 0 fully saturated rings. The predicted octanol–water partition coefficient (Wildman–Crippen LogP) is 12.6. The first-order chi connectivity index (χ1) is 28.0. The minimum absolute atomic E-state index is 0.224. The van der Waals surface area contributed by atoms with Crippen molar-refractivity contribution in [1.82, 2.24) is 4.57 Å². The molecule has 0 saturated heterocycles. The van der Waals surface area contributed by atoms with Crippen LogP contribution < -0.4 is 14.8 Å². The van der Waals surface area contributed by atoms with Crippen molar-refractivity contribution in [2.45, 2.75) is 109 Å². The van der Waals surface area contributed by atoms with Crippen molar-refractivity contribution in [3.8, 4) is 11.5 Å². The fourth-order valence-corrected chi connectivity index (χ4v) is 11.0. The molecule has 4 aliphatic rings. The maximum atomic E-state index is 6.41. The van der Waals surface area contributed by atoms with Crippen LogP contribution in [0.15, 0.2) is 118 Å². The van der Waals surface area contributed by atoms with E-state index in [9.17, 15) is 0 Å². The Morgan fingerprint density at radius 2 is 1.47 bits per heavy atom. The van der Waals surface area contributed by atoms with E-state index in [1.54, 1.807) is 0 Å². The lowest BCUT2D eigenvalue weighted by Gasteiger charge is -2.21. The van der Waals surface area contributed by atoms with Crippen LogP contribution in [0.25, 0.3) is 38.5 Å². The van der Waals surface area contributed by atoms with Crippen molar-refractivity contribution in [3.05, 3.63) is 135 Å². The highest BCUT2D eigenvalue weighted by atomic mass is 32.2. The molecule has 3 aliphatic heterocycles. The number of thioether (sulfide) groups is 1. The summed E-state index contributed by atoms with van der Waals surface area (Å²) in [6.07, 6.45) is 20.1. The molecule has 2 unspecified atom stereocenters. The molecular weight excluding hydrogens is 717 g/mol. The van der Waals surface area contributed by atoms with Gasteiger partial charge in [0.1, 0.15) is 30.3 Å². The Balaban J connectivity index is 1.11. The molecule has 0 saturated carbocycles. The number of hydrogen-bond donors (Lipinski definition) is 0. The standard InChI is InChI=1S/C52H53N2O2S/c1-5-7-27-53-44(40-19-13-21-42-48(40)46(53)31-37-29-33(3)55-50(37)42)25-23-35-15-12-16-36(52(35)57-39-17-10-9-11-18-39)24-26-45-41-20-14-22-43-49(41)47(54(45)28-8-6-2)32-38-30-34(4)56-51(38)43/h9-11,13-14,17-26,31-34H,5-8,12,15-16,27-30H2,1-4H3/q+1.